The molecule has 0 aromatic heterocycles. The van der Waals surface area contributed by atoms with Gasteiger partial charge >= 0.3 is 13.4 Å². The third kappa shape index (κ3) is 6.57. The lowest BCUT2D eigenvalue weighted by atomic mass is 10.2. The predicted molar refractivity (Wildman–Crippen MR) is 79.1 cm³/mol. The molecule has 0 aromatic rings. The minimum Gasteiger partial charge on any atom is -0.327 e. The second-order valence-corrected chi connectivity index (χ2v) is 14.9. The number of rotatable bonds is 3. The zero-order valence-electron chi connectivity index (χ0n) is 11.3. The highest BCUT2D eigenvalue weighted by molar-refractivity contribution is 8.29. The van der Waals surface area contributed by atoms with E-state index in [1.165, 1.54) is 0 Å². The average molecular weight is 340 g/mol. The summed E-state index contributed by atoms with van der Waals surface area (Å²) in [5.74, 6) is 0. The number of hydrogen-bond donors (Lipinski definition) is 4. The Hall–Kier alpha value is 1.19. The van der Waals surface area contributed by atoms with E-state index in [4.69, 9.17) is 9.79 Å². The monoisotopic (exact) mass is 340 g/mol. The van der Waals surface area contributed by atoms with Crippen LogP contribution in [-0.4, -0.2) is 29.1 Å². The summed E-state index contributed by atoms with van der Waals surface area (Å²) in [7, 11) is -0.980. The molecule has 0 aliphatic rings. The summed E-state index contributed by atoms with van der Waals surface area (Å²) in [5, 5.41) is 0. The van der Waals surface area contributed by atoms with E-state index in [-0.39, 0.29) is 0 Å². The maximum Gasteiger partial charge on any atom is 0.351 e. The fraction of sp³-hybridized carbons (Fsp3) is 1.00. The fourth-order valence-corrected chi connectivity index (χ4v) is 10.7. The Labute approximate surface area is 115 Å². The summed E-state index contributed by atoms with van der Waals surface area (Å²) in [4.78, 5) is 38.0. The van der Waals surface area contributed by atoms with E-state index in [1.807, 2.05) is 41.5 Å². The molecule has 0 heterocycles. The van der Waals surface area contributed by atoms with E-state index in [0.29, 0.717) is 0 Å². The van der Waals surface area contributed by atoms with Gasteiger partial charge in [0.1, 0.15) is 0 Å². The minimum atomic E-state index is -4.08. The molecule has 0 atom stereocenters. The molecule has 0 saturated heterocycles. The van der Waals surface area contributed by atoms with Crippen molar-refractivity contribution in [2.75, 3.05) is 0 Å². The second kappa shape index (κ2) is 5.90. The van der Waals surface area contributed by atoms with Crippen LogP contribution in [0.2, 0.25) is 0 Å². The maximum absolute atomic E-state index is 10.1. The first-order valence-electron chi connectivity index (χ1n) is 5.11. The third-order valence-electron chi connectivity index (χ3n) is 1.63. The smallest absolute Gasteiger partial charge is 0.327 e. The molecule has 4 N–H and O–H groups in total. The van der Waals surface area contributed by atoms with E-state index < -0.39 is 33.0 Å². The SMILES string of the molecule is CC(C)(C)S(C(C)(C)C)=P(O)(O)OOP(O)(O)=S. The molecule has 10 heteroatoms. The Morgan fingerprint density at radius 3 is 1.39 bits per heavy atom. The molecule has 0 radical (unpaired) electrons. The highest BCUT2D eigenvalue weighted by Crippen LogP contribution is 2.54. The van der Waals surface area contributed by atoms with Gasteiger partial charge in [-0.2, -0.15) is 0 Å². The molecule has 6 nitrogen and oxygen atoms in total. The highest BCUT2D eigenvalue weighted by Gasteiger charge is 2.37. The van der Waals surface area contributed by atoms with Crippen LogP contribution < -0.4 is 0 Å². The molecule has 0 spiro atoms. The van der Waals surface area contributed by atoms with Gasteiger partial charge in [-0.1, -0.05) is 41.5 Å². The van der Waals surface area contributed by atoms with E-state index in [9.17, 15) is 9.79 Å². The molecule has 0 fully saturated rings. The average Bonchev–Trinajstić information content (AvgIpc) is 1.92. The fourth-order valence-electron chi connectivity index (χ4n) is 1.75. The summed E-state index contributed by atoms with van der Waals surface area (Å²) < 4.78 is 7.74. The van der Waals surface area contributed by atoms with Crippen molar-refractivity contribution in [2.45, 2.75) is 51.0 Å². The van der Waals surface area contributed by atoms with Crippen LogP contribution in [0.3, 0.4) is 0 Å². The Morgan fingerprint density at radius 2 is 1.17 bits per heavy atom. The molecular weight excluding hydrogens is 318 g/mol. The van der Waals surface area contributed by atoms with Crippen LogP contribution in [0.4, 0.5) is 0 Å². The highest BCUT2D eigenvalue weighted by atomic mass is 32.5. The van der Waals surface area contributed by atoms with Crippen LogP contribution in [0, 0.1) is 0 Å². The van der Waals surface area contributed by atoms with Gasteiger partial charge in [-0.15, -0.1) is 19.4 Å². The van der Waals surface area contributed by atoms with Crippen molar-refractivity contribution in [3.8, 4) is 0 Å². The van der Waals surface area contributed by atoms with Crippen molar-refractivity contribution in [1.29, 1.82) is 0 Å². The Bertz CT molecular complexity index is 381. The van der Waals surface area contributed by atoms with Gasteiger partial charge in [-0.25, -0.2) is 0 Å². The topological polar surface area (TPSA) is 99.4 Å². The molecule has 0 aliphatic carbocycles. The normalized spacial score (nSPS) is 15.3. The molecule has 0 amide bonds. The van der Waals surface area contributed by atoms with Crippen molar-refractivity contribution in [2.24, 2.45) is 0 Å². The van der Waals surface area contributed by atoms with Crippen LogP contribution in [0.1, 0.15) is 41.5 Å². The van der Waals surface area contributed by atoms with Crippen molar-refractivity contribution < 1.29 is 28.9 Å². The summed E-state index contributed by atoms with van der Waals surface area (Å²) in [5.41, 5.74) is 0. The lowest BCUT2D eigenvalue weighted by Gasteiger charge is -2.38. The Balaban J connectivity index is 5.65. The van der Waals surface area contributed by atoms with Gasteiger partial charge in [-0.3, -0.25) is 0 Å². The molecular formula is C8H22O6P2S2. The van der Waals surface area contributed by atoms with Gasteiger partial charge in [0.05, 0.1) is 0 Å². The van der Waals surface area contributed by atoms with Gasteiger partial charge < -0.3 is 19.6 Å². The third-order valence-corrected chi connectivity index (χ3v) is 10.2. The van der Waals surface area contributed by atoms with E-state index >= 15 is 0 Å². The van der Waals surface area contributed by atoms with E-state index in [1.54, 1.807) is 0 Å². The lowest BCUT2D eigenvalue weighted by molar-refractivity contribution is -0.121. The molecule has 0 unspecified atom stereocenters. The van der Waals surface area contributed by atoms with Crippen LogP contribution in [-0.2, 0) is 31.2 Å². The molecule has 0 aromatic carbocycles. The molecule has 0 bridgehead atoms. The molecule has 112 valence electrons. The summed E-state index contributed by atoms with van der Waals surface area (Å²) in [6, 6.07) is 0. The van der Waals surface area contributed by atoms with E-state index in [0.717, 1.165) is 0 Å². The first kappa shape index (κ1) is 19.2. The largest absolute Gasteiger partial charge is 0.351 e. The first-order chi connectivity index (χ1) is 7.57. The van der Waals surface area contributed by atoms with Gasteiger partial charge in [0.15, 0.2) is 0 Å². The van der Waals surface area contributed by atoms with Gasteiger partial charge in [0, 0.05) is 9.49 Å². The Kier molecular flexibility index (Phi) is 6.29. The van der Waals surface area contributed by atoms with Crippen molar-refractivity contribution in [3.63, 3.8) is 0 Å². The van der Waals surface area contributed by atoms with Crippen LogP contribution >= 0.6 is 13.4 Å². The van der Waals surface area contributed by atoms with Crippen LogP contribution in [0.15, 0.2) is 0 Å². The zero-order chi connectivity index (χ0) is 15.0. The molecule has 18 heavy (non-hydrogen) atoms. The minimum absolute atomic E-state index is 0.452. The Morgan fingerprint density at radius 1 is 0.833 bits per heavy atom. The zero-order valence-corrected chi connectivity index (χ0v) is 14.7. The predicted octanol–water partition coefficient (Wildman–Crippen LogP) is 2.02. The molecule has 0 saturated carbocycles. The molecule has 0 rings (SSSR count). The van der Waals surface area contributed by atoms with Gasteiger partial charge in [0.25, 0.3) is 0 Å². The number of hydrogen-bond acceptors (Lipinski definition) is 3. The lowest BCUT2D eigenvalue weighted by Crippen LogP contribution is -2.36. The van der Waals surface area contributed by atoms with Crippen molar-refractivity contribution in [3.05, 3.63) is 0 Å². The van der Waals surface area contributed by atoms with Crippen LogP contribution in [0.5, 0.6) is 0 Å². The van der Waals surface area contributed by atoms with E-state index in [2.05, 4.69) is 21.2 Å². The van der Waals surface area contributed by atoms with Gasteiger partial charge in [0.2, 0.25) is 0 Å². The summed E-state index contributed by atoms with van der Waals surface area (Å²) in [6.07, 6.45) is 0. The standard InChI is InChI=1S/C8H22O6P2S2/c1-7(2,3)18(8(4,5)6)16(11,12)14-13-15(9,10)17/h11-12H,1-6H3,(H2,9,10,17). The summed E-state index contributed by atoms with van der Waals surface area (Å²) >= 11 is 4.20. The molecule has 0 aliphatic heterocycles. The van der Waals surface area contributed by atoms with Crippen LogP contribution in [0.25, 0.3) is 0 Å². The summed E-state index contributed by atoms with van der Waals surface area (Å²) in [6.45, 7) is 3.05. The second-order valence-electron chi connectivity index (χ2n) is 5.64. The van der Waals surface area contributed by atoms with Gasteiger partial charge in [-0.05, 0) is 11.8 Å². The maximum atomic E-state index is 10.1. The quantitative estimate of drug-likeness (QED) is 0.354. The van der Waals surface area contributed by atoms with Crippen molar-refractivity contribution in [1.82, 2.24) is 0 Å². The first-order valence-corrected chi connectivity index (χ1v) is 11.2. The van der Waals surface area contributed by atoms with Crippen molar-refractivity contribution >= 4 is 35.3 Å².